The minimum atomic E-state index is -1.02. The predicted octanol–water partition coefficient (Wildman–Crippen LogP) is 3.66. The first-order valence-corrected chi connectivity index (χ1v) is 10.5. The number of nitrogens with two attached hydrogens (primary N) is 1. The maximum absolute atomic E-state index is 14.3. The lowest BCUT2D eigenvalue weighted by Gasteiger charge is -2.16. The minimum Gasteiger partial charge on any atom is -0.364 e. The van der Waals surface area contributed by atoms with Crippen molar-refractivity contribution >= 4 is 40.1 Å². The summed E-state index contributed by atoms with van der Waals surface area (Å²) in [5, 5.41) is 8.45. The van der Waals surface area contributed by atoms with Crippen LogP contribution in [0.1, 0.15) is 35.5 Å². The molecule has 1 aliphatic rings. The van der Waals surface area contributed by atoms with Crippen LogP contribution in [0.5, 0.6) is 0 Å². The second kappa shape index (κ2) is 7.35. The number of primary amides is 1. The maximum atomic E-state index is 14.3. The van der Waals surface area contributed by atoms with Gasteiger partial charge in [0.1, 0.15) is 23.0 Å². The summed E-state index contributed by atoms with van der Waals surface area (Å²) in [6.07, 6.45) is 0. The van der Waals surface area contributed by atoms with Crippen LogP contribution in [0.2, 0.25) is 5.02 Å². The highest BCUT2D eigenvalue weighted by Crippen LogP contribution is 2.39. The maximum Gasteiger partial charge on any atom is 0.267 e. The van der Waals surface area contributed by atoms with Crippen molar-refractivity contribution in [3.05, 3.63) is 70.1 Å². The molecule has 0 bridgehead atoms. The predicted molar refractivity (Wildman–Crippen MR) is 121 cm³/mol. The Morgan fingerprint density at radius 1 is 1.21 bits per heavy atom. The molecule has 10 heteroatoms. The van der Waals surface area contributed by atoms with Gasteiger partial charge in [0.15, 0.2) is 5.82 Å². The van der Waals surface area contributed by atoms with Crippen molar-refractivity contribution in [3.63, 3.8) is 0 Å². The molecule has 2 aromatic heterocycles. The van der Waals surface area contributed by atoms with Crippen molar-refractivity contribution in [2.75, 3.05) is 5.32 Å². The average Bonchev–Trinajstić information content (AvgIpc) is 3.22. The van der Waals surface area contributed by atoms with E-state index in [-0.39, 0.29) is 35.6 Å². The number of fused-ring (bicyclic) bond motifs is 2. The van der Waals surface area contributed by atoms with Crippen LogP contribution in [-0.4, -0.2) is 31.6 Å². The number of hydrogen-bond acceptors (Lipinski definition) is 5. The molecule has 0 saturated carbocycles. The first-order chi connectivity index (χ1) is 15.7. The SMILES string of the molecule is CC1(C)C(=O)Nc2nc(-c3nn(Cc4ccccc4F)c4cc(Cl)ccc34)nc(C(N)=O)c21. The van der Waals surface area contributed by atoms with Gasteiger partial charge in [-0.15, -0.1) is 0 Å². The van der Waals surface area contributed by atoms with Crippen molar-refractivity contribution in [2.24, 2.45) is 5.73 Å². The number of carbonyl (C=O) groups is 2. The minimum absolute atomic E-state index is 0.0517. The second-order valence-electron chi connectivity index (χ2n) is 8.32. The molecule has 3 heterocycles. The summed E-state index contributed by atoms with van der Waals surface area (Å²) in [7, 11) is 0. The van der Waals surface area contributed by atoms with Crippen LogP contribution < -0.4 is 11.1 Å². The van der Waals surface area contributed by atoms with Crippen LogP contribution >= 0.6 is 11.6 Å². The number of hydrogen-bond donors (Lipinski definition) is 2. The summed E-state index contributed by atoms with van der Waals surface area (Å²) in [6.45, 7) is 3.48. The molecule has 8 nitrogen and oxygen atoms in total. The summed E-state index contributed by atoms with van der Waals surface area (Å²) in [5.74, 6) is -1.13. The quantitative estimate of drug-likeness (QED) is 0.478. The number of rotatable bonds is 4. The summed E-state index contributed by atoms with van der Waals surface area (Å²) >= 11 is 6.22. The molecule has 3 N–H and O–H groups in total. The Hall–Kier alpha value is -3.85. The molecular weight excluding hydrogens is 447 g/mol. The molecule has 4 aromatic rings. The topological polar surface area (TPSA) is 116 Å². The van der Waals surface area contributed by atoms with Crippen molar-refractivity contribution in [2.45, 2.75) is 25.8 Å². The zero-order valence-corrected chi connectivity index (χ0v) is 18.4. The fraction of sp³-hybridized carbons (Fsp3) is 0.174. The van der Waals surface area contributed by atoms with Crippen LogP contribution in [0.15, 0.2) is 42.5 Å². The van der Waals surface area contributed by atoms with Gasteiger partial charge in [0.05, 0.1) is 17.5 Å². The Labute approximate surface area is 192 Å². The number of halogens is 2. The Morgan fingerprint density at radius 2 is 1.97 bits per heavy atom. The molecule has 2 aromatic carbocycles. The normalized spacial score (nSPS) is 14.4. The van der Waals surface area contributed by atoms with E-state index in [0.29, 0.717) is 32.7 Å². The molecule has 0 fully saturated rings. The van der Waals surface area contributed by atoms with E-state index in [0.717, 1.165) is 0 Å². The Bertz CT molecular complexity index is 1480. The van der Waals surface area contributed by atoms with E-state index in [4.69, 9.17) is 17.3 Å². The Balaban J connectivity index is 1.73. The second-order valence-corrected chi connectivity index (χ2v) is 8.76. The van der Waals surface area contributed by atoms with Gasteiger partial charge in [-0.25, -0.2) is 14.4 Å². The lowest BCUT2D eigenvalue weighted by molar-refractivity contribution is -0.119. The Morgan fingerprint density at radius 3 is 2.70 bits per heavy atom. The van der Waals surface area contributed by atoms with Gasteiger partial charge in [0.2, 0.25) is 5.91 Å². The third-order valence-electron chi connectivity index (χ3n) is 5.77. The third-order valence-corrected chi connectivity index (χ3v) is 6.01. The first-order valence-electron chi connectivity index (χ1n) is 10.1. The fourth-order valence-electron chi connectivity index (χ4n) is 4.03. The van der Waals surface area contributed by atoms with Crippen molar-refractivity contribution in [1.82, 2.24) is 19.7 Å². The molecule has 33 heavy (non-hydrogen) atoms. The van der Waals surface area contributed by atoms with Gasteiger partial charge in [-0.2, -0.15) is 5.10 Å². The zero-order chi connectivity index (χ0) is 23.5. The van der Waals surface area contributed by atoms with Crippen molar-refractivity contribution in [3.8, 4) is 11.5 Å². The molecule has 1 aliphatic heterocycles. The van der Waals surface area contributed by atoms with Gasteiger partial charge in [-0.3, -0.25) is 14.3 Å². The molecule has 0 saturated heterocycles. The number of nitrogens with zero attached hydrogens (tertiary/aromatic N) is 4. The third kappa shape index (κ3) is 3.32. The van der Waals surface area contributed by atoms with E-state index in [9.17, 15) is 14.0 Å². The molecule has 2 amide bonds. The van der Waals surface area contributed by atoms with E-state index in [1.165, 1.54) is 6.07 Å². The Kier molecular flexibility index (Phi) is 4.68. The fourth-order valence-corrected chi connectivity index (χ4v) is 4.19. The van der Waals surface area contributed by atoms with Gasteiger partial charge in [0, 0.05) is 21.5 Å². The van der Waals surface area contributed by atoms with Crippen LogP contribution in [0.4, 0.5) is 10.2 Å². The molecule has 166 valence electrons. The lowest BCUT2D eigenvalue weighted by atomic mass is 9.85. The van der Waals surface area contributed by atoms with E-state index >= 15 is 0 Å². The molecule has 0 unspecified atom stereocenters. The molecule has 0 aliphatic carbocycles. The largest absolute Gasteiger partial charge is 0.364 e. The monoisotopic (exact) mass is 464 g/mol. The molecule has 0 atom stereocenters. The zero-order valence-electron chi connectivity index (χ0n) is 17.7. The summed E-state index contributed by atoms with van der Waals surface area (Å²) < 4.78 is 15.9. The van der Waals surface area contributed by atoms with Gasteiger partial charge < -0.3 is 11.1 Å². The van der Waals surface area contributed by atoms with Crippen LogP contribution in [-0.2, 0) is 16.8 Å². The molecular formula is C23H18ClFN6O2. The number of carbonyl (C=O) groups excluding carboxylic acids is 2. The van der Waals surface area contributed by atoms with E-state index in [1.54, 1.807) is 54.9 Å². The number of nitrogens with one attached hydrogen (secondary N) is 1. The number of anilines is 1. The van der Waals surface area contributed by atoms with Crippen molar-refractivity contribution < 1.29 is 14.0 Å². The average molecular weight is 465 g/mol. The number of aromatic nitrogens is 4. The van der Waals surface area contributed by atoms with E-state index < -0.39 is 11.3 Å². The van der Waals surface area contributed by atoms with Crippen LogP contribution in [0, 0.1) is 5.82 Å². The summed E-state index contributed by atoms with van der Waals surface area (Å²) in [4.78, 5) is 33.6. The summed E-state index contributed by atoms with van der Waals surface area (Å²) in [5.41, 5.74) is 6.31. The molecule has 0 radical (unpaired) electrons. The van der Waals surface area contributed by atoms with E-state index in [2.05, 4.69) is 20.4 Å². The standard InChI is InChI=1S/C23H18ClFN6O2/c1-23(2)16-18(19(26)32)27-21(28-20(16)29-22(23)33)17-13-8-7-12(24)9-15(13)31(30-17)10-11-5-3-4-6-14(11)25/h3-9H,10H2,1-2H3,(H2,26,32)(H,27,28,29,33). The number of benzene rings is 2. The number of amides is 2. The smallest absolute Gasteiger partial charge is 0.267 e. The van der Waals surface area contributed by atoms with Gasteiger partial charge in [-0.05, 0) is 38.1 Å². The highest BCUT2D eigenvalue weighted by molar-refractivity contribution is 6.31. The van der Waals surface area contributed by atoms with Crippen LogP contribution in [0.25, 0.3) is 22.4 Å². The van der Waals surface area contributed by atoms with Crippen LogP contribution in [0.3, 0.4) is 0 Å². The van der Waals surface area contributed by atoms with Crippen molar-refractivity contribution in [1.29, 1.82) is 0 Å². The van der Waals surface area contributed by atoms with Gasteiger partial charge in [0.25, 0.3) is 5.91 Å². The molecule has 0 spiro atoms. The van der Waals surface area contributed by atoms with E-state index in [1.807, 2.05) is 0 Å². The lowest BCUT2D eigenvalue weighted by Crippen LogP contribution is -2.29. The highest BCUT2D eigenvalue weighted by atomic mass is 35.5. The van der Waals surface area contributed by atoms with Gasteiger partial charge >= 0.3 is 0 Å². The highest BCUT2D eigenvalue weighted by Gasteiger charge is 2.43. The summed E-state index contributed by atoms with van der Waals surface area (Å²) in [6, 6.07) is 11.6. The van der Waals surface area contributed by atoms with Gasteiger partial charge in [-0.1, -0.05) is 29.8 Å². The first kappa shape index (κ1) is 21.0. The molecule has 5 rings (SSSR count).